The molecule has 3 aliphatic rings. The molecule has 0 bridgehead atoms. The van der Waals surface area contributed by atoms with Gasteiger partial charge in [0.1, 0.15) is 12.4 Å². The largest absolute Gasteiger partial charge is 0.524 e. The monoisotopic (exact) mass is 465 g/mol. The summed E-state index contributed by atoms with van der Waals surface area (Å²) in [6.07, 6.45) is -7.17. The van der Waals surface area contributed by atoms with Crippen LogP contribution < -0.4 is 21.3 Å². The topological polar surface area (TPSA) is 115 Å². The fourth-order valence-corrected chi connectivity index (χ4v) is 4.63. The molecule has 2 fully saturated rings. The number of halogens is 4. The lowest BCUT2D eigenvalue weighted by Gasteiger charge is -2.42. The SMILES string of the molecule is CC1=C(CC(=O)N[C@@H](C)C2NCC(C#N)CC2F)C(=O)NC2CCC(OC(F)(F)F)NC12.[HH].[HH]. The van der Waals surface area contributed by atoms with E-state index in [-0.39, 0.29) is 27.7 Å². The van der Waals surface area contributed by atoms with E-state index in [2.05, 4.69) is 26.0 Å². The number of hydrogen-bond donors (Lipinski definition) is 4. The highest BCUT2D eigenvalue weighted by Crippen LogP contribution is 2.30. The molecular formula is C20H31F4N5O3. The van der Waals surface area contributed by atoms with Gasteiger partial charge in [0.05, 0.1) is 30.5 Å². The van der Waals surface area contributed by atoms with Crippen LogP contribution in [0, 0.1) is 17.2 Å². The summed E-state index contributed by atoms with van der Waals surface area (Å²) in [7, 11) is 0. The number of alkyl halides is 4. The zero-order valence-corrected chi connectivity index (χ0v) is 17.8. The van der Waals surface area contributed by atoms with E-state index >= 15 is 0 Å². The lowest BCUT2D eigenvalue weighted by molar-refractivity contribution is -0.349. The number of fused-ring (bicyclic) bond motifs is 1. The molecule has 7 atom stereocenters. The number of amides is 2. The van der Waals surface area contributed by atoms with E-state index in [0.717, 1.165) is 0 Å². The second kappa shape index (κ2) is 9.72. The van der Waals surface area contributed by atoms with E-state index < -0.39 is 60.7 Å². The molecule has 2 amide bonds. The number of hydrogen-bond acceptors (Lipinski definition) is 6. The maximum atomic E-state index is 14.4. The van der Waals surface area contributed by atoms with Gasteiger partial charge in [0.15, 0.2) is 0 Å². The van der Waals surface area contributed by atoms with Crippen molar-refractivity contribution in [2.45, 2.75) is 82.5 Å². The maximum Gasteiger partial charge on any atom is 0.524 e. The molecule has 0 saturated carbocycles. The summed E-state index contributed by atoms with van der Waals surface area (Å²) in [6, 6.07) is -0.218. The molecule has 182 valence electrons. The normalized spacial score (nSPS) is 34.2. The second-order valence-corrected chi connectivity index (χ2v) is 8.56. The predicted molar refractivity (Wildman–Crippen MR) is 109 cm³/mol. The molecule has 8 nitrogen and oxygen atoms in total. The Labute approximate surface area is 186 Å². The van der Waals surface area contributed by atoms with Crippen LogP contribution >= 0.6 is 0 Å². The van der Waals surface area contributed by atoms with Crippen LogP contribution in [0.15, 0.2) is 11.1 Å². The molecule has 3 heterocycles. The number of carbonyl (C=O) groups is 2. The Hall–Kier alpha value is -2.23. The first-order chi connectivity index (χ1) is 15.0. The van der Waals surface area contributed by atoms with Crippen molar-refractivity contribution in [1.82, 2.24) is 21.3 Å². The summed E-state index contributed by atoms with van der Waals surface area (Å²) in [5, 5.41) is 20.1. The van der Waals surface area contributed by atoms with Gasteiger partial charge in [-0.15, -0.1) is 13.2 Å². The molecular weight excluding hydrogens is 434 g/mol. The Balaban J connectivity index is 0.00000289. The van der Waals surface area contributed by atoms with E-state index in [1.54, 1.807) is 13.8 Å². The summed E-state index contributed by atoms with van der Waals surface area (Å²) < 4.78 is 56.2. The van der Waals surface area contributed by atoms with Gasteiger partial charge in [0.25, 0.3) is 0 Å². The first kappa shape index (κ1) is 24.4. The van der Waals surface area contributed by atoms with Gasteiger partial charge in [-0.1, -0.05) is 0 Å². The Morgan fingerprint density at radius 2 is 2.12 bits per heavy atom. The van der Waals surface area contributed by atoms with Crippen molar-refractivity contribution in [3.63, 3.8) is 0 Å². The lowest BCUT2D eigenvalue weighted by atomic mass is 9.84. The van der Waals surface area contributed by atoms with Crippen LogP contribution in [-0.2, 0) is 14.3 Å². The molecule has 0 aromatic rings. The first-order valence-electron chi connectivity index (χ1n) is 10.6. The van der Waals surface area contributed by atoms with Crippen LogP contribution in [0.1, 0.15) is 42.4 Å². The molecule has 0 aromatic carbocycles. The Bertz CT molecular complexity index is 823. The third-order valence-corrected chi connectivity index (χ3v) is 6.26. The van der Waals surface area contributed by atoms with Gasteiger partial charge in [0, 0.05) is 27.1 Å². The number of nitrogens with one attached hydrogen (secondary N) is 4. The fraction of sp³-hybridized carbons (Fsp3) is 0.750. The molecule has 12 heteroatoms. The molecule has 3 rings (SSSR count). The molecule has 0 aliphatic carbocycles. The maximum absolute atomic E-state index is 14.4. The van der Waals surface area contributed by atoms with E-state index in [9.17, 15) is 27.2 Å². The Morgan fingerprint density at radius 3 is 2.75 bits per heavy atom. The highest BCUT2D eigenvalue weighted by molar-refractivity contribution is 6.00. The van der Waals surface area contributed by atoms with Crippen molar-refractivity contribution >= 4 is 11.8 Å². The average Bonchev–Trinajstić information content (AvgIpc) is 2.70. The zero-order chi connectivity index (χ0) is 23.6. The number of nitrogens with zero attached hydrogens (tertiary/aromatic N) is 1. The number of carbonyl (C=O) groups excluding carboxylic acids is 2. The number of rotatable bonds is 5. The molecule has 4 N–H and O–H groups in total. The van der Waals surface area contributed by atoms with Gasteiger partial charge < -0.3 is 16.0 Å². The highest BCUT2D eigenvalue weighted by Gasteiger charge is 2.42. The molecule has 3 aliphatic heterocycles. The van der Waals surface area contributed by atoms with Crippen LogP contribution in [0.2, 0.25) is 0 Å². The van der Waals surface area contributed by atoms with Gasteiger partial charge in [0.2, 0.25) is 11.8 Å². The van der Waals surface area contributed by atoms with Crippen LogP contribution in [0.5, 0.6) is 0 Å². The Morgan fingerprint density at radius 1 is 1.41 bits per heavy atom. The summed E-state index contributed by atoms with van der Waals surface area (Å²) in [6.45, 7) is 3.56. The van der Waals surface area contributed by atoms with Crippen molar-refractivity contribution in [3.05, 3.63) is 11.1 Å². The summed E-state index contributed by atoms with van der Waals surface area (Å²) in [4.78, 5) is 25.1. The smallest absolute Gasteiger partial charge is 0.352 e. The molecule has 2 saturated heterocycles. The van der Waals surface area contributed by atoms with Gasteiger partial charge >= 0.3 is 6.36 Å². The van der Waals surface area contributed by atoms with Crippen LogP contribution in [0.3, 0.4) is 0 Å². The fourth-order valence-electron chi connectivity index (χ4n) is 4.63. The molecule has 6 unspecified atom stereocenters. The van der Waals surface area contributed by atoms with E-state index in [0.29, 0.717) is 18.5 Å². The van der Waals surface area contributed by atoms with Crippen molar-refractivity contribution in [2.75, 3.05) is 6.54 Å². The quantitative estimate of drug-likeness (QED) is 0.459. The van der Waals surface area contributed by atoms with Crippen LogP contribution in [-0.4, -0.2) is 61.3 Å². The van der Waals surface area contributed by atoms with Gasteiger partial charge in [-0.3, -0.25) is 19.6 Å². The standard InChI is InChI=1S/C20H27F4N5O3.2H2/c1-9-12(6-15(30)27-10(2)18-13(21)5-11(7-25)8-26-18)19(31)28-14-3-4-16(29-17(9)14)32-20(22,23)24;;/h10-11,13-14,16-18,26,29H,3-6,8H2,1-2H3,(H,27,30)(H,28,31);2*1H/t10-,11?,13?,14?,16?,17?,18?;;/m0../s1. The van der Waals surface area contributed by atoms with Crippen LogP contribution in [0.4, 0.5) is 17.6 Å². The summed E-state index contributed by atoms with van der Waals surface area (Å²) in [5.41, 5.74) is 0.641. The van der Waals surface area contributed by atoms with E-state index in [1.807, 2.05) is 6.07 Å². The van der Waals surface area contributed by atoms with Gasteiger partial charge in [-0.2, -0.15) is 5.26 Å². The minimum atomic E-state index is -4.78. The third-order valence-electron chi connectivity index (χ3n) is 6.26. The summed E-state index contributed by atoms with van der Waals surface area (Å²) >= 11 is 0. The van der Waals surface area contributed by atoms with Crippen molar-refractivity contribution in [3.8, 4) is 6.07 Å². The lowest BCUT2D eigenvalue weighted by Crippen LogP contribution is -2.61. The first-order valence-corrected chi connectivity index (χ1v) is 10.6. The zero-order valence-electron chi connectivity index (χ0n) is 17.8. The van der Waals surface area contributed by atoms with Gasteiger partial charge in [-0.25, -0.2) is 4.39 Å². The van der Waals surface area contributed by atoms with Crippen molar-refractivity contribution in [1.29, 1.82) is 5.26 Å². The predicted octanol–water partition coefficient (Wildman–Crippen LogP) is 1.64. The minimum Gasteiger partial charge on any atom is -0.352 e. The molecule has 0 aromatic heterocycles. The second-order valence-electron chi connectivity index (χ2n) is 8.56. The molecule has 0 radical (unpaired) electrons. The van der Waals surface area contributed by atoms with E-state index in [1.165, 1.54) is 0 Å². The number of ether oxygens (including phenoxy) is 1. The number of nitriles is 1. The number of piperidine rings is 2. The van der Waals surface area contributed by atoms with Crippen LogP contribution in [0.25, 0.3) is 0 Å². The highest BCUT2D eigenvalue weighted by atomic mass is 19.4. The van der Waals surface area contributed by atoms with E-state index in [4.69, 9.17) is 5.26 Å². The summed E-state index contributed by atoms with van der Waals surface area (Å²) in [5.74, 6) is -1.38. The third kappa shape index (κ3) is 5.76. The average molecular weight is 465 g/mol. The van der Waals surface area contributed by atoms with Gasteiger partial charge in [-0.05, 0) is 38.7 Å². The Kier molecular flexibility index (Phi) is 7.42. The van der Waals surface area contributed by atoms with Crippen molar-refractivity contribution in [2.24, 2.45) is 5.92 Å². The van der Waals surface area contributed by atoms with Crippen molar-refractivity contribution < 1.29 is 34.7 Å². The molecule has 0 spiro atoms. The molecule has 32 heavy (non-hydrogen) atoms. The minimum absolute atomic E-state index is 0.